The van der Waals surface area contributed by atoms with E-state index in [1.165, 1.54) is 23.9 Å². The van der Waals surface area contributed by atoms with Gasteiger partial charge < -0.3 is 20.1 Å². The van der Waals surface area contributed by atoms with Crippen molar-refractivity contribution in [3.05, 3.63) is 65.6 Å². The highest BCUT2D eigenvalue weighted by Crippen LogP contribution is 2.27. The van der Waals surface area contributed by atoms with E-state index in [4.69, 9.17) is 15.6 Å². The summed E-state index contributed by atoms with van der Waals surface area (Å²) in [6.07, 6.45) is 1.45. The molecule has 0 bridgehead atoms. The summed E-state index contributed by atoms with van der Waals surface area (Å²) in [6, 6.07) is 13.5. The number of nitrogens with zero attached hydrogens (tertiary/aromatic N) is 3. The minimum absolute atomic E-state index is 0.0285. The molecule has 27 heavy (non-hydrogen) atoms. The third kappa shape index (κ3) is 3.21. The number of carboxylic acid groups (broad SMARTS) is 1. The van der Waals surface area contributed by atoms with E-state index in [0.717, 1.165) is 0 Å². The number of rotatable bonds is 4. The molecular formula is C19H14N4O4. The maximum atomic E-state index is 12.1. The average Bonchev–Trinajstić information content (AvgIpc) is 3.04. The van der Waals surface area contributed by atoms with Crippen molar-refractivity contribution in [2.75, 3.05) is 12.8 Å². The van der Waals surface area contributed by atoms with Gasteiger partial charge in [-0.15, -0.1) is 0 Å². The Kier molecular flexibility index (Phi) is 4.60. The van der Waals surface area contributed by atoms with Crippen molar-refractivity contribution in [3.63, 3.8) is 0 Å². The predicted molar refractivity (Wildman–Crippen MR) is 96.4 cm³/mol. The number of anilines is 1. The van der Waals surface area contributed by atoms with Crippen molar-refractivity contribution in [1.29, 1.82) is 5.26 Å². The Balaban J connectivity index is 2.15. The number of hydrogen-bond donors (Lipinski definition) is 2. The van der Waals surface area contributed by atoms with Gasteiger partial charge in [-0.05, 0) is 24.3 Å². The summed E-state index contributed by atoms with van der Waals surface area (Å²) in [4.78, 5) is 27.4. The van der Waals surface area contributed by atoms with E-state index < -0.39 is 11.9 Å². The minimum Gasteiger partial charge on any atom is -0.477 e. The van der Waals surface area contributed by atoms with E-state index in [1.54, 1.807) is 36.4 Å². The summed E-state index contributed by atoms with van der Waals surface area (Å²) < 4.78 is 6.23. The second-order valence-corrected chi connectivity index (χ2v) is 5.54. The van der Waals surface area contributed by atoms with Crippen LogP contribution in [0.5, 0.6) is 0 Å². The number of ether oxygens (including phenoxy) is 1. The van der Waals surface area contributed by atoms with E-state index in [2.05, 4.69) is 4.98 Å². The number of carbonyl (C=O) groups excluding carboxylic acids is 1. The van der Waals surface area contributed by atoms with Gasteiger partial charge in [0.25, 0.3) is 0 Å². The highest BCUT2D eigenvalue weighted by molar-refractivity contribution is 5.96. The molecule has 0 aliphatic carbocycles. The van der Waals surface area contributed by atoms with Gasteiger partial charge in [0.2, 0.25) is 0 Å². The number of nitrogen functional groups attached to an aromatic ring is 1. The van der Waals surface area contributed by atoms with Crippen LogP contribution in [0, 0.1) is 11.3 Å². The summed E-state index contributed by atoms with van der Waals surface area (Å²) in [5.74, 6) is -1.80. The number of nitriles is 1. The van der Waals surface area contributed by atoms with Crippen LogP contribution in [0.25, 0.3) is 16.9 Å². The lowest BCUT2D eigenvalue weighted by Gasteiger charge is -2.10. The zero-order chi connectivity index (χ0) is 19.6. The average molecular weight is 362 g/mol. The predicted octanol–water partition coefficient (Wildman–Crippen LogP) is 2.48. The van der Waals surface area contributed by atoms with Crippen LogP contribution in [-0.2, 0) is 4.74 Å². The van der Waals surface area contributed by atoms with Crippen molar-refractivity contribution in [3.8, 4) is 23.0 Å². The Morgan fingerprint density at radius 3 is 2.67 bits per heavy atom. The molecule has 0 saturated heterocycles. The Labute approximate surface area is 154 Å². The fraction of sp³-hybridized carbons (Fsp3) is 0.0526. The minimum atomic E-state index is -1.13. The highest BCUT2D eigenvalue weighted by Gasteiger charge is 2.22. The molecule has 0 saturated carbocycles. The quantitative estimate of drug-likeness (QED) is 0.681. The number of carboxylic acids is 1. The van der Waals surface area contributed by atoms with Gasteiger partial charge in [-0.1, -0.05) is 18.2 Å². The lowest BCUT2D eigenvalue weighted by molar-refractivity contribution is 0.0592. The van der Waals surface area contributed by atoms with Crippen molar-refractivity contribution in [2.24, 2.45) is 0 Å². The van der Waals surface area contributed by atoms with Gasteiger partial charge in [0.1, 0.15) is 11.8 Å². The molecule has 2 heterocycles. The first-order chi connectivity index (χ1) is 13.0. The first kappa shape index (κ1) is 17.7. The summed E-state index contributed by atoms with van der Waals surface area (Å²) in [5, 5.41) is 18.3. The fourth-order valence-corrected chi connectivity index (χ4v) is 2.65. The van der Waals surface area contributed by atoms with E-state index in [-0.39, 0.29) is 22.6 Å². The molecule has 8 nitrogen and oxygen atoms in total. The van der Waals surface area contributed by atoms with E-state index in [1.807, 2.05) is 6.07 Å². The number of nitrogens with two attached hydrogens (primary N) is 1. The molecule has 0 radical (unpaired) electrons. The van der Waals surface area contributed by atoms with E-state index in [0.29, 0.717) is 16.9 Å². The zero-order valence-corrected chi connectivity index (χ0v) is 14.2. The molecule has 2 aromatic heterocycles. The van der Waals surface area contributed by atoms with Crippen LogP contribution in [0.4, 0.5) is 5.69 Å². The SMILES string of the molecule is COC(=O)c1c(N)c(C#N)cn1-c1cccc(-c2cccc(C(=O)O)n2)c1. The van der Waals surface area contributed by atoms with E-state index in [9.17, 15) is 14.9 Å². The van der Waals surface area contributed by atoms with Crippen LogP contribution in [-0.4, -0.2) is 33.7 Å². The van der Waals surface area contributed by atoms with Crippen LogP contribution < -0.4 is 5.73 Å². The summed E-state index contributed by atoms with van der Waals surface area (Å²) in [7, 11) is 1.23. The molecule has 3 N–H and O–H groups in total. The van der Waals surface area contributed by atoms with Crippen molar-refractivity contribution in [1.82, 2.24) is 9.55 Å². The molecule has 0 aliphatic heterocycles. The first-order valence-electron chi connectivity index (χ1n) is 7.76. The van der Waals surface area contributed by atoms with E-state index >= 15 is 0 Å². The normalized spacial score (nSPS) is 10.2. The Morgan fingerprint density at radius 1 is 1.26 bits per heavy atom. The third-order valence-corrected chi connectivity index (χ3v) is 3.93. The molecule has 0 atom stereocenters. The first-order valence-corrected chi connectivity index (χ1v) is 7.76. The molecule has 134 valence electrons. The van der Waals surface area contributed by atoms with Crippen LogP contribution in [0.1, 0.15) is 26.5 Å². The fourth-order valence-electron chi connectivity index (χ4n) is 2.65. The lowest BCUT2D eigenvalue weighted by Crippen LogP contribution is -2.11. The molecule has 1 aromatic carbocycles. The molecular weight excluding hydrogens is 348 g/mol. The molecule has 8 heteroatoms. The second-order valence-electron chi connectivity index (χ2n) is 5.54. The monoisotopic (exact) mass is 362 g/mol. The third-order valence-electron chi connectivity index (χ3n) is 3.93. The number of benzene rings is 1. The molecule has 0 unspecified atom stereocenters. The lowest BCUT2D eigenvalue weighted by atomic mass is 10.1. The van der Waals surface area contributed by atoms with Gasteiger partial charge in [-0.3, -0.25) is 0 Å². The van der Waals surface area contributed by atoms with Crippen LogP contribution in [0.3, 0.4) is 0 Å². The van der Waals surface area contributed by atoms with Crippen LogP contribution in [0.15, 0.2) is 48.7 Å². The topological polar surface area (TPSA) is 131 Å². The number of methoxy groups -OCH3 is 1. The number of hydrogen-bond acceptors (Lipinski definition) is 6. The van der Waals surface area contributed by atoms with Crippen LogP contribution >= 0.6 is 0 Å². The van der Waals surface area contributed by atoms with Gasteiger partial charge in [0, 0.05) is 17.4 Å². The number of aromatic carboxylic acids is 1. The Morgan fingerprint density at radius 2 is 2.00 bits per heavy atom. The van der Waals surface area contributed by atoms with Gasteiger partial charge in [-0.25, -0.2) is 14.6 Å². The molecule has 3 aromatic rings. The molecule has 0 aliphatic rings. The van der Waals surface area contributed by atoms with Crippen molar-refractivity contribution in [2.45, 2.75) is 0 Å². The molecule has 0 spiro atoms. The Hall–Kier alpha value is -4.12. The highest BCUT2D eigenvalue weighted by atomic mass is 16.5. The second kappa shape index (κ2) is 7.01. The maximum Gasteiger partial charge on any atom is 0.357 e. The molecule has 3 rings (SSSR count). The zero-order valence-electron chi connectivity index (χ0n) is 14.2. The molecule has 0 amide bonds. The van der Waals surface area contributed by atoms with Gasteiger partial charge >= 0.3 is 11.9 Å². The van der Waals surface area contributed by atoms with Gasteiger partial charge in [0.15, 0.2) is 5.69 Å². The van der Waals surface area contributed by atoms with Crippen LogP contribution in [0.2, 0.25) is 0 Å². The van der Waals surface area contributed by atoms with Gasteiger partial charge in [0.05, 0.1) is 24.1 Å². The summed E-state index contributed by atoms with van der Waals surface area (Å²) in [6.45, 7) is 0. The number of aromatic nitrogens is 2. The number of pyridine rings is 1. The standard InChI is InChI=1S/C19H14N4O4/c1-27-19(26)17-16(21)12(9-20)10-23(17)13-5-2-4-11(8-13)14-6-3-7-15(22-14)18(24)25/h2-8,10H,21H2,1H3,(H,24,25). The number of carbonyl (C=O) groups is 2. The number of esters is 1. The van der Waals surface area contributed by atoms with Crippen molar-refractivity contribution >= 4 is 17.6 Å². The van der Waals surface area contributed by atoms with Crippen molar-refractivity contribution < 1.29 is 19.4 Å². The smallest absolute Gasteiger partial charge is 0.357 e. The maximum absolute atomic E-state index is 12.1. The molecule has 0 fully saturated rings. The summed E-state index contributed by atoms with van der Waals surface area (Å²) >= 11 is 0. The van der Waals surface area contributed by atoms with Gasteiger partial charge in [-0.2, -0.15) is 5.26 Å². The largest absolute Gasteiger partial charge is 0.477 e. The Bertz CT molecular complexity index is 1100. The summed E-state index contributed by atoms with van der Waals surface area (Å²) in [5.41, 5.74) is 7.68.